The third-order valence-electron chi connectivity index (χ3n) is 13.8. The quantitative estimate of drug-likeness (QED) is 0.368. The molecule has 0 heteroatoms. The number of hydrogen-bond donors (Lipinski definition) is 0. The topological polar surface area (TPSA) is 0 Å². The van der Waals surface area contributed by atoms with Crippen molar-refractivity contribution in [2.24, 2.45) is 62.6 Å². The number of allylic oxidation sites excluding steroid dienone is 2. The average Bonchev–Trinajstić information content (AvgIpc) is 3.05. The van der Waals surface area contributed by atoms with Crippen molar-refractivity contribution >= 4 is 0 Å². The predicted molar refractivity (Wildman–Crippen MR) is 134 cm³/mol. The van der Waals surface area contributed by atoms with Gasteiger partial charge in [0.2, 0.25) is 0 Å². The van der Waals surface area contributed by atoms with Crippen LogP contribution < -0.4 is 0 Å². The van der Waals surface area contributed by atoms with E-state index in [1.165, 1.54) is 57.8 Å². The van der Waals surface area contributed by atoms with Crippen LogP contribution in [0.25, 0.3) is 0 Å². The fraction of sp³-hybridized carbons (Fsp3) is 0.935. The van der Waals surface area contributed by atoms with Crippen LogP contribution in [0.3, 0.4) is 0 Å². The normalized spacial score (nSPS) is 55.7. The van der Waals surface area contributed by atoms with E-state index >= 15 is 0 Å². The molecule has 9 unspecified atom stereocenters. The number of rotatable bonds is 1. The first kappa shape index (κ1) is 22.5. The Labute approximate surface area is 194 Å². The lowest BCUT2D eigenvalue weighted by atomic mass is 9.35. The van der Waals surface area contributed by atoms with Crippen LogP contribution in [-0.2, 0) is 0 Å². The summed E-state index contributed by atoms with van der Waals surface area (Å²) < 4.78 is 0. The number of hydrogen-bond acceptors (Lipinski definition) is 0. The van der Waals surface area contributed by atoms with E-state index in [2.05, 4.69) is 68.4 Å². The van der Waals surface area contributed by atoms with Crippen molar-refractivity contribution in [3.63, 3.8) is 0 Å². The molecule has 0 heterocycles. The van der Waals surface area contributed by atoms with Crippen LogP contribution in [-0.4, -0.2) is 0 Å². The van der Waals surface area contributed by atoms with Crippen molar-refractivity contribution in [2.45, 2.75) is 120 Å². The zero-order chi connectivity index (χ0) is 22.6. The van der Waals surface area contributed by atoms with Crippen molar-refractivity contribution in [1.82, 2.24) is 0 Å². The predicted octanol–water partition coefficient (Wildman–Crippen LogP) is 9.30. The third-order valence-corrected chi connectivity index (χ3v) is 13.8. The Kier molecular flexibility index (Phi) is 4.84. The Morgan fingerprint density at radius 2 is 1.45 bits per heavy atom. The molecule has 5 rings (SSSR count). The lowest BCUT2D eigenvalue weighted by molar-refractivity contribution is -0.159. The first-order valence-electron chi connectivity index (χ1n) is 14.0. The minimum atomic E-state index is 0.458. The minimum Gasteiger partial charge on any atom is -0.0839 e. The van der Waals surface area contributed by atoms with Gasteiger partial charge < -0.3 is 0 Å². The molecule has 4 saturated carbocycles. The van der Waals surface area contributed by atoms with Crippen molar-refractivity contribution in [3.05, 3.63) is 11.6 Å². The van der Waals surface area contributed by atoms with E-state index in [1.807, 2.05) is 5.57 Å². The molecular formula is C31H52. The molecule has 5 aliphatic carbocycles. The van der Waals surface area contributed by atoms with Gasteiger partial charge in [0.05, 0.1) is 0 Å². The molecule has 4 fully saturated rings. The van der Waals surface area contributed by atoms with Crippen LogP contribution in [0.2, 0.25) is 0 Å². The fourth-order valence-corrected chi connectivity index (χ4v) is 11.4. The molecule has 0 N–H and O–H groups in total. The van der Waals surface area contributed by atoms with Crippen LogP contribution in [0, 0.1) is 62.6 Å². The molecule has 0 radical (unpaired) electrons. The summed E-state index contributed by atoms with van der Waals surface area (Å²) >= 11 is 0. The zero-order valence-corrected chi connectivity index (χ0v) is 22.4. The monoisotopic (exact) mass is 424 g/mol. The summed E-state index contributed by atoms with van der Waals surface area (Å²) in [7, 11) is 0. The SMILES string of the molecule is CC(C)C1CCC2C1(C)CCC1(C)C3CCC4C(C)(CCC(C)C4(C)C)C3=CCC21C. The third kappa shape index (κ3) is 2.60. The molecule has 0 aromatic heterocycles. The largest absolute Gasteiger partial charge is 0.0839 e. The van der Waals surface area contributed by atoms with Crippen LogP contribution in [0.5, 0.6) is 0 Å². The van der Waals surface area contributed by atoms with E-state index in [9.17, 15) is 0 Å². The molecule has 9 atom stereocenters. The van der Waals surface area contributed by atoms with E-state index in [0.717, 1.165) is 35.5 Å². The average molecular weight is 425 g/mol. The van der Waals surface area contributed by atoms with Crippen molar-refractivity contribution in [1.29, 1.82) is 0 Å². The Balaban J connectivity index is 1.55. The standard InChI is InChI=1S/C31H52/c1-20(2)22-10-13-26-29(22,7)18-19-30(8)24-11-12-25-27(4,5)21(3)14-16-28(25,6)23(24)15-17-31(26,30)9/h15,20-22,24-26H,10-14,16-19H2,1-9H3. The molecular weight excluding hydrogens is 372 g/mol. The van der Waals surface area contributed by atoms with Gasteiger partial charge in [0.1, 0.15) is 0 Å². The summed E-state index contributed by atoms with van der Waals surface area (Å²) in [5.74, 6) is 5.31. The van der Waals surface area contributed by atoms with Crippen LogP contribution in [0.1, 0.15) is 120 Å². The van der Waals surface area contributed by atoms with Crippen molar-refractivity contribution in [2.75, 3.05) is 0 Å². The molecule has 5 aliphatic rings. The molecule has 0 saturated heterocycles. The van der Waals surface area contributed by atoms with Gasteiger partial charge in [-0.1, -0.05) is 74.0 Å². The van der Waals surface area contributed by atoms with Gasteiger partial charge in [-0.05, 0) is 120 Å². The molecule has 0 bridgehead atoms. The lowest BCUT2D eigenvalue weighted by Gasteiger charge is -2.69. The van der Waals surface area contributed by atoms with E-state index in [-0.39, 0.29) is 0 Å². The molecule has 0 aromatic rings. The maximum absolute atomic E-state index is 2.86. The highest BCUT2D eigenvalue weighted by Crippen LogP contribution is 2.76. The smallest absolute Gasteiger partial charge is 0.00799 e. The molecule has 0 nitrogen and oxygen atoms in total. The molecule has 0 spiro atoms. The van der Waals surface area contributed by atoms with Crippen molar-refractivity contribution < 1.29 is 0 Å². The highest BCUT2D eigenvalue weighted by Gasteiger charge is 2.68. The summed E-state index contributed by atoms with van der Waals surface area (Å²) in [4.78, 5) is 0. The van der Waals surface area contributed by atoms with Gasteiger partial charge in [0, 0.05) is 0 Å². The Bertz CT molecular complexity index is 771. The van der Waals surface area contributed by atoms with Gasteiger partial charge in [-0.15, -0.1) is 0 Å². The molecule has 0 amide bonds. The molecule has 176 valence electrons. The highest BCUT2D eigenvalue weighted by molar-refractivity contribution is 5.33. The Morgan fingerprint density at radius 1 is 0.774 bits per heavy atom. The van der Waals surface area contributed by atoms with Gasteiger partial charge in [-0.2, -0.15) is 0 Å². The fourth-order valence-electron chi connectivity index (χ4n) is 11.4. The second-order valence-electron chi connectivity index (χ2n) is 15.0. The first-order valence-corrected chi connectivity index (χ1v) is 14.0. The van der Waals surface area contributed by atoms with Crippen LogP contribution in [0.15, 0.2) is 11.6 Å². The molecule has 0 aromatic carbocycles. The maximum atomic E-state index is 2.86. The second-order valence-corrected chi connectivity index (χ2v) is 15.0. The Hall–Kier alpha value is -0.260. The van der Waals surface area contributed by atoms with Gasteiger partial charge in [0.15, 0.2) is 0 Å². The zero-order valence-electron chi connectivity index (χ0n) is 22.4. The van der Waals surface area contributed by atoms with Gasteiger partial charge in [-0.25, -0.2) is 0 Å². The van der Waals surface area contributed by atoms with Gasteiger partial charge >= 0.3 is 0 Å². The van der Waals surface area contributed by atoms with Crippen LogP contribution in [0.4, 0.5) is 0 Å². The Morgan fingerprint density at radius 3 is 2.13 bits per heavy atom. The van der Waals surface area contributed by atoms with Gasteiger partial charge in [0.25, 0.3) is 0 Å². The molecule has 0 aliphatic heterocycles. The molecule has 31 heavy (non-hydrogen) atoms. The lowest BCUT2D eigenvalue weighted by Crippen LogP contribution is -2.61. The van der Waals surface area contributed by atoms with E-state index < -0.39 is 0 Å². The minimum absolute atomic E-state index is 0.458. The highest BCUT2D eigenvalue weighted by atomic mass is 14.7. The van der Waals surface area contributed by atoms with Crippen molar-refractivity contribution in [3.8, 4) is 0 Å². The maximum Gasteiger partial charge on any atom is -0.00799 e. The van der Waals surface area contributed by atoms with Crippen LogP contribution >= 0.6 is 0 Å². The van der Waals surface area contributed by atoms with Gasteiger partial charge in [-0.3, -0.25) is 0 Å². The summed E-state index contributed by atoms with van der Waals surface area (Å²) in [5, 5.41) is 0. The second kappa shape index (κ2) is 6.66. The van der Waals surface area contributed by atoms with E-state index in [0.29, 0.717) is 27.1 Å². The van der Waals surface area contributed by atoms with E-state index in [1.54, 1.807) is 0 Å². The number of fused-ring (bicyclic) bond motifs is 7. The van der Waals surface area contributed by atoms with E-state index in [4.69, 9.17) is 0 Å². The first-order chi connectivity index (χ1) is 14.3. The summed E-state index contributed by atoms with van der Waals surface area (Å²) in [6.45, 7) is 23.7. The summed E-state index contributed by atoms with van der Waals surface area (Å²) in [5.41, 5.74) is 4.47. The summed E-state index contributed by atoms with van der Waals surface area (Å²) in [6.07, 6.45) is 16.0. The summed E-state index contributed by atoms with van der Waals surface area (Å²) in [6, 6.07) is 0.